The zero-order chi connectivity index (χ0) is 15.2. The summed E-state index contributed by atoms with van der Waals surface area (Å²) in [5, 5.41) is 12.0. The summed E-state index contributed by atoms with van der Waals surface area (Å²) in [4.78, 5) is 6.54. The van der Waals surface area contributed by atoms with Gasteiger partial charge in [0.05, 0.1) is 5.56 Å². The van der Waals surface area contributed by atoms with E-state index in [1.807, 2.05) is 12.1 Å². The van der Waals surface area contributed by atoms with Crippen LogP contribution in [0, 0.1) is 11.3 Å². The minimum absolute atomic E-state index is 0.481. The Kier molecular flexibility index (Phi) is 4.78. The fourth-order valence-corrected chi connectivity index (χ4v) is 2.26. The molecule has 0 atom stereocenters. The first-order valence-electron chi connectivity index (χ1n) is 7.14. The summed E-state index contributed by atoms with van der Waals surface area (Å²) in [7, 11) is 0. The second-order valence-corrected chi connectivity index (χ2v) is 5.10. The van der Waals surface area contributed by atoms with Gasteiger partial charge in [0, 0.05) is 30.2 Å². The van der Waals surface area contributed by atoms with E-state index < -0.39 is 0 Å². The van der Waals surface area contributed by atoms with Crippen LogP contribution in [0.15, 0.2) is 42.6 Å². The molecule has 0 aliphatic rings. The summed E-state index contributed by atoms with van der Waals surface area (Å²) in [6, 6.07) is 14.4. The van der Waals surface area contributed by atoms with Crippen LogP contribution in [0.4, 0.5) is 17.2 Å². The van der Waals surface area contributed by atoms with Gasteiger partial charge in [-0.3, -0.25) is 0 Å². The molecule has 21 heavy (non-hydrogen) atoms. The highest BCUT2D eigenvalue weighted by Gasteiger charge is 2.07. The van der Waals surface area contributed by atoms with Gasteiger partial charge in [-0.1, -0.05) is 0 Å². The molecule has 4 nitrogen and oxygen atoms in total. The van der Waals surface area contributed by atoms with Crippen molar-refractivity contribution in [2.45, 2.75) is 26.8 Å². The number of rotatable bonds is 5. The van der Waals surface area contributed by atoms with E-state index in [4.69, 9.17) is 5.26 Å². The molecule has 1 N–H and O–H groups in total. The smallest absolute Gasteiger partial charge is 0.130 e. The number of nitrogens with zero attached hydrogens (tertiary/aromatic N) is 3. The molecule has 4 heteroatoms. The van der Waals surface area contributed by atoms with Crippen LogP contribution < -0.4 is 10.2 Å². The van der Waals surface area contributed by atoms with Crippen molar-refractivity contribution >= 4 is 17.2 Å². The topological polar surface area (TPSA) is 52.0 Å². The van der Waals surface area contributed by atoms with Crippen LogP contribution in [0.5, 0.6) is 0 Å². The number of pyridine rings is 1. The van der Waals surface area contributed by atoms with Gasteiger partial charge < -0.3 is 10.2 Å². The van der Waals surface area contributed by atoms with Crippen LogP contribution in [0.2, 0.25) is 0 Å². The number of nitrogens with one attached hydrogen (secondary N) is 1. The molecule has 0 saturated heterocycles. The molecule has 1 aromatic carbocycles. The van der Waals surface area contributed by atoms with Gasteiger partial charge in [-0.25, -0.2) is 4.98 Å². The average Bonchev–Trinajstić information content (AvgIpc) is 2.50. The highest BCUT2D eigenvalue weighted by molar-refractivity contribution is 5.61. The third-order valence-electron chi connectivity index (χ3n) is 3.33. The zero-order valence-corrected chi connectivity index (χ0v) is 12.7. The Morgan fingerprint density at radius 2 is 1.90 bits per heavy atom. The van der Waals surface area contributed by atoms with E-state index in [9.17, 15) is 0 Å². The summed E-state index contributed by atoms with van der Waals surface area (Å²) < 4.78 is 0. The highest BCUT2D eigenvalue weighted by atomic mass is 15.1. The number of aromatic nitrogens is 1. The Balaban J connectivity index is 2.10. The lowest BCUT2D eigenvalue weighted by Crippen LogP contribution is -2.30. The Hall–Kier alpha value is -2.54. The molecule has 0 saturated carbocycles. The van der Waals surface area contributed by atoms with Crippen molar-refractivity contribution in [3.63, 3.8) is 0 Å². The van der Waals surface area contributed by atoms with Gasteiger partial charge in [-0.15, -0.1) is 0 Å². The van der Waals surface area contributed by atoms with E-state index in [1.165, 1.54) is 5.69 Å². The molecule has 0 bridgehead atoms. The lowest BCUT2D eigenvalue weighted by atomic mass is 10.2. The zero-order valence-electron chi connectivity index (χ0n) is 12.7. The molecular weight excluding hydrogens is 260 g/mol. The lowest BCUT2D eigenvalue weighted by molar-refractivity contribution is 0.704. The van der Waals surface area contributed by atoms with Gasteiger partial charge in [0.2, 0.25) is 0 Å². The minimum Gasteiger partial charge on any atom is -0.369 e. The minimum atomic E-state index is 0.481. The first kappa shape index (κ1) is 14.9. The second-order valence-electron chi connectivity index (χ2n) is 5.10. The highest BCUT2D eigenvalue weighted by Crippen LogP contribution is 2.21. The van der Waals surface area contributed by atoms with Crippen LogP contribution in [0.1, 0.15) is 26.3 Å². The summed E-state index contributed by atoms with van der Waals surface area (Å²) in [6.07, 6.45) is 1.56. The molecule has 1 heterocycles. The Labute approximate surface area is 126 Å². The molecule has 108 valence electrons. The van der Waals surface area contributed by atoms with E-state index in [0.717, 1.165) is 18.1 Å². The quantitative estimate of drug-likeness (QED) is 0.901. The molecule has 0 aliphatic carbocycles. The van der Waals surface area contributed by atoms with Crippen LogP contribution in [0.3, 0.4) is 0 Å². The lowest BCUT2D eigenvalue weighted by Gasteiger charge is -2.27. The van der Waals surface area contributed by atoms with E-state index in [1.54, 1.807) is 18.3 Å². The molecule has 0 aliphatic heterocycles. The van der Waals surface area contributed by atoms with Crippen LogP contribution in [-0.2, 0) is 0 Å². The van der Waals surface area contributed by atoms with Gasteiger partial charge in [0.1, 0.15) is 11.9 Å². The first-order chi connectivity index (χ1) is 10.1. The normalized spacial score (nSPS) is 10.2. The maximum absolute atomic E-state index is 8.75. The summed E-state index contributed by atoms with van der Waals surface area (Å²) >= 11 is 0. The van der Waals surface area contributed by atoms with E-state index in [2.05, 4.69) is 54.2 Å². The molecule has 1 aromatic heterocycles. The van der Waals surface area contributed by atoms with Crippen molar-refractivity contribution in [1.29, 1.82) is 5.26 Å². The number of hydrogen-bond donors (Lipinski definition) is 1. The summed E-state index contributed by atoms with van der Waals surface area (Å²) in [5.41, 5.74) is 2.76. The summed E-state index contributed by atoms with van der Waals surface area (Å²) in [5.74, 6) is 0.734. The van der Waals surface area contributed by atoms with Crippen molar-refractivity contribution in [3.05, 3.63) is 48.2 Å². The molecule has 0 fully saturated rings. The van der Waals surface area contributed by atoms with Gasteiger partial charge in [-0.05, 0) is 57.2 Å². The third kappa shape index (κ3) is 3.73. The monoisotopic (exact) mass is 280 g/mol. The van der Waals surface area contributed by atoms with E-state index >= 15 is 0 Å². The van der Waals surface area contributed by atoms with Gasteiger partial charge in [0.25, 0.3) is 0 Å². The standard InChI is InChI=1S/C17H20N4/c1-4-21(13(2)3)16-8-6-15(7-9-16)20-17-10-5-14(11-18)12-19-17/h5-10,12-13H,4H2,1-3H3,(H,19,20). The predicted molar refractivity (Wildman–Crippen MR) is 86.8 cm³/mol. The Morgan fingerprint density at radius 1 is 1.19 bits per heavy atom. The number of benzene rings is 1. The van der Waals surface area contributed by atoms with E-state index in [-0.39, 0.29) is 0 Å². The van der Waals surface area contributed by atoms with Gasteiger partial charge >= 0.3 is 0 Å². The fraction of sp³-hybridized carbons (Fsp3) is 0.294. The van der Waals surface area contributed by atoms with E-state index in [0.29, 0.717) is 11.6 Å². The van der Waals surface area contributed by atoms with Gasteiger partial charge in [0.15, 0.2) is 0 Å². The predicted octanol–water partition coefficient (Wildman–Crippen LogP) is 3.93. The SMILES string of the molecule is CCN(c1ccc(Nc2ccc(C#N)cn2)cc1)C(C)C. The van der Waals surface area contributed by atoms with Gasteiger partial charge in [-0.2, -0.15) is 5.26 Å². The third-order valence-corrected chi connectivity index (χ3v) is 3.33. The summed E-state index contributed by atoms with van der Waals surface area (Å²) in [6.45, 7) is 7.53. The molecule has 0 radical (unpaired) electrons. The maximum atomic E-state index is 8.75. The fourth-order valence-electron chi connectivity index (χ4n) is 2.26. The Morgan fingerprint density at radius 3 is 2.38 bits per heavy atom. The molecule has 0 unspecified atom stereocenters. The van der Waals surface area contributed by atoms with Crippen LogP contribution >= 0.6 is 0 Å². The first-order valence-corrected chi connectivity index (χ1v) is 7.14. The molecule has 2 rings (SSSR count). The van der Waals surface area contributed by atoms with Crippen molar-refractivity contribution in [3.8, 4) is 6.07 Å². The molecular formula is C17H20N4. The molecule has 2 aromatic rings. The molecule has 0 amide bonds. The van der Waals surface area contributed by atoms with Crippen molar-refractivity contribution < 1.29 is 0 Å². The Bertz CT molecular complexity index is 609. The average molecular weight is 280 g/mol. The van der Waals surface area contributed by atoms with Crippen LogP contribution in [-0.4, -0.2) is 17.6 Å². The molecule has 0 spiro atoms. The number of hydrogen-bond acceptors (Lipinski definition) is 4. The number of nitriles is 1. The van der Waals surface area contributed by atoms with Crippen LogP contribution in [0.25, 0.3) is 0 Å². The van der Waals surface area contributed by atoms with Crippen molar-refractivity contribution in [2.75, 3.05) is 16.8 Å². The second kappa shape index (κ2) is 6.76. The van der Waals surface area contributed by atoms with Crippen molar-refractivity contribution in [2.24, 2.45) is 0 Å². The maximum Gasteiger partial charge on any atom is 0.130 e. The largest absolute Gasteiger partial charge is 0.369 e. The van der Waals surface area contributed by atoms with Crippen molar-refractivity contribution in [1.82, 2.24) is 4.98 Å². The number of anilines is 3.